The van der Waals surface area contributed by atoms with Gasteiger partial charge in [0.15, 0.2) is 0 Å². The normalized spacial score (nSPS) is 13.4. The maximum atomic E-state index is 12.1. The van der Waals surface area contributed by atoms with Gasteiger partial charge in [0, 0.05) is 23.8 Å². The number of rotatable bonds is 8. The Bertz CT molecular complexity index is 631. The van der Waals surface area contributed by atoms with Crippen molar-refractivity contribution in [2.75, 3.05) is 39.0 Å². The fourth-order valence-corrected chi connectivity index (χ4v) is 2.32. The Labute approximate surface area is 152 Å². The lowest BCUT2D eigenvalue weighted by Gasteiger charge is -2.21. The van der Waals surface area contributed by atoms with Gasteiger partial charge in [-0.2, -0.15) is 0 Å². The highest BCUT2D eigenvalue weighted by atomic mass is 35.5. The summed E-state index contributed by atoms with van der Waals surface area (Å²) in [4.78, 5) is 38.8. The molecule has 0 unspecified atom stereocenters. The van der Waals surface area contributed by atoms with E-state index in [0.717, 1.165) is 12.8 Å². The molecule has 0 radical (unpaired) electrons. The molecule has 0 aromatic heterocycles. The molecule has 3 amide bonds. The highest BCUT2D eigenvalue weighted by molar-refractivity contribution is 6.30. The molecule has 1 fully saturated rings. The average molecular weight is 367 g/mol. The van der Waals surface area contributed by atoms with E-state index in [1.807, 2.05) is 0 Å². The van der Waals surface area contributed by atoms with Crippen LogP contribution in [-0.2, 0) is 14.4 Å². The van der Waals surface area contributed by atoms with Gasteiger partial charge in [0.2, 0.25) is 17.7 Å². The van der Waals surface area contributed by atoms with Gasteiger partial charge in [-0.25, -0.2) is 0 Å². The number of hydrogen-bond acceptors (Lipinski definition) is 4. The predicted molar refractivity (Wildman–Crippen MR) is 96.4 cm³/mol. The Kier molecular flexibility index (Phi) is 6.78. The second-order valence-corrected chi connectivity index (χ2v) is 6.76. The third kappa shape index (κ3) is 7.11. The molecular formula is C17H23ClN4O3. The number of carbonyl (C=O) groups excluding carboxylic acids is 3. The van der Waals surface area contributed by atoms with Crippen LogP contribution in [0.15, 0.2) is 24.3 Å². The van der Waals surface area contributed by atoms with Gasteiger partial charge in [0.05, 0.1) is 19.6 Å². The Morgan fingerprint density at radius 3 is 2.28 bits per heavy atom. The van der Waals surface area contributed by atoms with Gasteiger partial charge in [-0.15, -0.1) is 0 Å². The molecule has 0 aliphatic heterocycles. The summed E-state index contributed by atoms with van der Waals surface area (Å²) in [5.41, 5.74) is 0.642. The van der Waals surface area contributed by atoms with Crippen molar-refractivity contribution in [3.05, 3.63) is 29.3 Å². The Morgan fingerprint density at radius 2 is 1.68 bits per heavy atom. The number of likely N-dealkylation sites (N-methyl/N-ethyl adjacent to an activating group) is 2. The van der Waals surface area contributed by atoms with Crippen molar-refractivity contribution < 1.29 is 14.4 Å². The van der Waals surface area contributed by atoms with Crippen molar-refractivity contribution >= 4 is 35.0 Å². The third-order valence-electron chi connectivity index (χ3n) is 3.70. The van der Waals surface area contributed by atoms with Crippen LogP contribution < -0.4 is 10.6 Å². The third-order valence-corrected chi connectivity index (χ3v) is 3.95. The number of amides is 3. The summed E-state index contributed by atoms with van der Waals surface area (Å²) in [7, 11) is 3.26. The lowest BCUT2D eigenvalue weighted by atomic mass is 10.3. The summed E-state index contributed by atoms with van der Waals surface area (Å²) in [6, 6.07) is 7.06. The zero-order valence-electron chi connectivity index (χ0n) is 14.4. The van der Waals surface area contributed by atoms with Crippen molar-refractivity contribution in [2.45, 2.75) is 18.9 Å². The molecule has 0 heterocycles. The standard InChI is InChI=1S/C17H23ClN4O3/c1-21(9-15(23)19-13-5-3-12(18)4-6-13)11-17(25)22(2)10-16(24)20-14-7-8-14/h3-6,14H,7-11H2,1-2H3,(H,19,23)(H,20,24). The van der Waals surface area contributed by atoms with Crippen LogP contribution in [0.1, 0.15) is 12.8 Å². The molecule has 1 aliphatic rings. The van der Waals surface area contributed by atoms with E-state index >= 15 is 0 Å². The molecule has 136 valence electrons. The monoisotopic (exact) mass is 366 g/mol. The lowest BCUT2D eigenvalue weighted by Crippen LogP contribution is -2.44. The van der Waals surface area contributed by atoms with Gasteiger partial charge in [0.25, 0.3) is 0 Å². The van der Waals surface area contributed by atoms with E-state index in [9.17, 15) is 14.4 Å². The summed E-state index contributed by atoms with van der Waals surface area (Å²) < 4.78 is 0. The van der Waals surface area contributed by atoms with E-state index in [2.05, 4.69) is 10.6 Å². The number of nitrogens with one attached hydrogen (secondary N) is 2. The van der Waals surface area contributed by atoms with Crippen LogP contribution >= 0.6 is 11.6 Å². The Balaban J connectivity index is 1.71. The summed E-state index contributed by atoms with van der Waals surface area (Å²) in [5, 5.41) is 6.16. The SMILES string of the molecule is CN(CC(=O)Nc1ccc(Cl)cc1)CC(=O)N(C)CC(=O)NC1CC1. The van der Waals surface area contributed by atoms with Crippen molar-refractivity contribution in [1.82, 2.24) is 15.1 Å². The molecular weight excluding hydrogens is 344 g/mol. The van der Waals surface area contributed by atoms with Gasteiger partial charge in [-0.05, 0) is 44.2 Å². The molecule has 1 aromatic carbocycles. The fraction of sp³-hybridized carbons (Fsp3) is 0.471. The van der Waals surface area contributed by atoms with Crippen molar-refractivity contribution in [3.8, 4) is 0 Å². The number of benzene rings is 1. The molecule has 1 aromatic rings. The zero-order valence-corrected chi connectivity index (χ0v) is 15.2. The minimum absolute atomic E-state index is 0.0279. The van der Waals surface area contributed by atoms with Crippen molar-refractivity contribution in [1.29, 1.82) is 0 Å². The fourth-order valence-electron chi connectivity index (χ4n) is 2.19. The zero-order chi connectivity index (χ0) is 18.4. The molecule has 0 saturated heterocycles. The van der Waals surface area contributed by atoms with Crippen LogP contribution in [0.4, 0.5) is 5.69 Å². The van der Waals surface area contributed by atoms with E-state index < -0.39 is 0 Å². The molecule has 25 heavy (non-hydrogen) atoms. The van der Waals surface area contributed by atoms with Gasteiger partial charge in [0.1, 0.15) is 0 Å². The van der Waals surface area contributed by atoms with E-state index in [1.54, 1.807) is 43.3 Å². The number of hydrogen-bond donors (Lipinski definition) is 2. The molecule has 7 nitrogen and oxygen atoms in total. The summed E-state index contributed by atoms with van der Waals surface area (Å²) in [5.74, 6) is -0.596. The average Bonchev–Trinajstić information content (AvgIpc) is 3.32. The van der Waals surface area contributed by atoms with Gasteiger partial charge in [-0.1, -0.05) is 11.6 Å². The van der Waals surface area contributed by atoms with Crippen LogP contribution in [0, 0.1) is 0 Å². The largest absolute Gasteiger partial charge is 0.352 e. The molecule has 0 spiro atoms. The number of halogens is 1. The summed E-state index contributed by atoms with van der Waals surface area (Å²) >= 11 is 5.80. The van der Waals surface area contributed by atoms with Crippen LogP contribution in [0.25, 0.3) is 0 Å². The first-order valence-electron chi connectivity index (χ1n) is 8.11. The molecule has 1 aliphatic carbocycles. The molecule has 0 atom stereocenters. The van der Waals surface area contributed by atoms with Crippen molar-refractivity contribution in [2.24, 2.45) is 0 Å². The minimum Gasteiger partial charge on any atom is -0.352 e. The molecule has 1 saturated carbocycles. The number of carbonyl (C=O) groups is 3. The Morgan fingerprint density at radius 1 is 1.04 bits per heavy atom. The highest BCUT2D eigenvalue weighted by Crippen LogP contribution is 2.18. The van der Waals surface area contributed by atoms with Gasteiger partial charge < -0.3 is 15.5 Å². The topological polar surface area (TPSA) is 81.8 Å². The molecule has 8 heteroatoms. The van der Waals surface area contributed by atoms with Gasteiger partial charge >= 0.3 is 0 Å². The minimum atomic E-state index is -0.230. The first-order valence-corrected chi connectivity index (χ1v) is 8.48. The number of anilines is 1. The number of nitrogens with zero attached hydrogens (tertiary/aromatic N) is 2. The second kappa shape index (κ2) is 8.82. The summed E-state index contributed by atoms with van der Waals surface area (Å²) in [6.07, 6.45) is 2.02. The second-order valence-electron chi connectivity index (χ2n) is 6.32. The maximum absolute atomic E-state index is 12.1. The predicted octanol–water partition coefficient (Wildman–Crippen LogP) is 0.947. The van der Waals surface area contributed by atoms with E-state index in [4.69, 9.17) is 11.6 Å². The molecule has 2 rings (SSSR count). The van der Waals surface area contributed by atoms with E-state index in [0.29, 0.717) is 10.7 Å². The summed E-state index contributed by atoms with van der Waals surface area (Å²) in [6.45, 7) is 0.151. The van der Waals surface area contributed by atoms with Crippen LogP contribution in [0.2, 0.25) is 5.02 Å². The first kappa shape index (κ1) is 19.2. The lowest BCUT2D eigenvalue weighted by molar-refractivity contribution is -0.135. The van der Waals surface area contributed by atoms with E-state index in [1.165, 1.54) is 4.90 Å². The van der Waals surface area contributed by atoms with Crippen molar-refractivity contribution in [3.63, 3.8) is 0 Å². The molecule has 2 N–H and O–H groups in total. The maximum Gasteiger partial charge on any atom is 0.239 e. The van der Waals surface area contributed by atoms with Crippen LogP contribution in [-0.4, -0.2) is 67.3 Å². The highest BCUT2D eigenvalue weighted by Gasteiger charge is 2.24. The van der Waals surface area contributed by atoms with E-state index in [-0.39, 0.29) is 43.4 Å². The smallest absolute Gasteiger partial charge is 0.239 e. The molecule has 0 bridgehead atoms. The first-order chi connectivity index (χ1) is 11.8. The quantitative estimate of drug-likeness (QED) is 0.717. The van der Waals surface area contributed by atoms with Gasteiger partial charge in [-0.3, -0.25) is 19.3 Å². The van der Waals surface area contributed by atoms with Crippen LogP contribution in [0.5, 0.6) is 0 Å². The van der Waals surface area contributed by atoms with Crippen LogP contribution in [0.3, 0.4) is 0 Å². The Hall–Kier alpha value is -2.12.